The van der Waals surface area contributed by atoms with Crippen LogP contribution in [-0.4, -0.2) is 87.0 Å². The number of benzene rings is 2. The number of fused-ring (bicyclic) bond motifs is 3. The molecule has 0 radical (unpaired) electrons. The first-order valence-corrected chi connectivity index (χ1v) is 13.7. The van der Waals surface area contributed by atoms with E-state index in [-0.39, 0.29) is 41.6 Å². The van der Waals surface area contributed by atoms with E-state index >= 15 is 4.39 Å². The number of halogens is 1. The van der Waals surface area contributed by atoms with Gasteiger partial charge >= 0.3 is 0 Å². The van der Waals surface area contributed by atoms with Gasteiger partial charge in [0.1, 0.15) is 28.7 Å². The van der Waals surface area contributed by atoms with Crippen molar-refractivity contribution < 1.29 is 39.2 Å². The molecule has 4 atom stereocenters. The maximum Gasteiger partial charge on any atom is 0.255 e. The first kappa shape index (κ1) is 29.4. The minimum atomic E-state index is -2.74. The number of likely N-dealkylation sites (N-methyl/N-ethyl adjacent to an activating group) is 2. The van der Waals surface area contributed by atoms with Gasteiger partial charge in [-0.2, -0.15) is 0 Å². The highest BCUT2D eigenvalue weighted by molar-refractivity contribution is 6.24. The quantitative estimate of drug-likeness (QED) is 0.308. The fourth-order valence-corrected chi connectivity index (χ4v) is 6.80. The molecule has 0 saturated heterocycles. The summed E-state index contributed by atoms with van der Waals surface area (Å²) in [5.41, 5.74) is 2.50. The standard InChI is InChI=1S/C31H34FN3O7/c1-34(2)25-19-12-16-11-18-22(26(37)21(16)28(39)31(19,42)29(40)23(27(25)38)30(33)41)20(36)13-17(24(18)32)14-35(3)10-9-15-7-5-4-6-8-15/h4-8,13,16,19,25,36-37,40,42H,9-12,14H2,1-3H3,(H2,33,41)/t16-,19-,25-,31-/m0/s1. The summed E-state index contributed by atoms with van der Waals surface area (Å²) in [4.78, 5) is 42.5. The van der Waals surface area contributed by atoms with E-state index in [0.29, 0.717) is 6.54 Å². The number of aliphatic hydroxyl groups is 3. The lowest BCUT2D eigenvalue weighted by molar-refractivity contribution is -0.153. The van der Waals surface area contributed by atoms with Crippen LogP contribution < -0.4 is 5.73 Å². The Morgan fingerprint density at radius 2 is 1.79 bits per heavy atom. The number of amides is 1. The van der Waals surface area contributed by atoms with E-state index in [9.17, 15) is 34.8 Å². The third-order valence-electron chi connectivity index (χ3n) is 8.79. The Labute approximate surface area is 242 Å². The summed E-state index contributed by atoms with van der Waals surface area (Å²) in [5, 5.41) is 44.7. The van der Waals surface area contributed by atoms with Gasteiger partial charge in [0.05, 0.1) is 11.6 Å². The highest BCUT2D eigenvalue weighted by Gasteiger charge is 2.64. The van der Waals surface area contributed by atoms with Gasteiger partial charge in [0.2, 0.25) is 5.78 Å². The number of nitrogens with zero attached hydrogens (tertiary/aromatic N) is 2. The van der Waals surface area contributed by atoms with Crippen LogP contribution in [0.1, 0.15) is 28.7 Å². The van der Waals surface area contributed by atoms with Gasteiger partial charge in [-0.3, -0.25) is 19.3 Å². The third-order valence-corrected chi connectivity index (χ3v) is 8.79. The number of phenols is 1. The molecule has 2 aromatic carbocycles. The summed E-state index contributed by atoms with van der Waals surface area (Å²) < 4.78 is 16.0. The molecule has 10 nitrogen and oxygen atoms in total. The van der Waals surface area contributed by atoms with Crippen molar-refractivity contribution in [2.24, 2.45) is 17.6 Å². The Morgan fingerprint density at radius 1 is 1.12 bits per heavy atom. The topological polar surface area (TPSA) is 165 Å². The lowest BCUT2D eigenvalue weighted by atomic mass is 9.57. The molecule has 0 bridgehead atoms. The van der Waals surface area contributed by atoms with E-state index in [4.69, 9.17) is 5.73 Å². The molecule has 11 heteroatoms. The van der Waals surface area contributed by atoms with Gasteiger partial charge in [0.15, 0.2) is 11.4 Å². The van der Waals surface area contributed by atoms with Gasteiger partial charge in [-0.05, 0) is 58.0 Å². The monoisotopic (exact) mass is 579 g/mol. The summed E-state index contributed by atoms with van der Waals surface area (Å²) >= 11 is 0. The van der Waals surface area contributed by atoms with Gasteiger partial charge in [0, 0.05) is 35.7 Å². The number of hydrogen-bond donors (Lipinski definition) is 5. The first-order valence-electron chi connectivity index (χ1n) is 13.7. The number of primary amides is 1. The molecule has 1 saturated carbocycles. The Morgan fingerprint density at radius 3 is 2.40 bits per heavy atom. The van der Waals surface area contributed by atoms with Crippen LogP contribution in [0.3, 0.4) is 0 Å². The second-order valence-electron chi connectivity index (χ2n) is 11.7. The van der Waals surface area contributed by atoms with E-state index < -0.39 is 69.6 Å². The van der Waals surface area contributed by atoms with Gasteiger partial charge in [-0.1, -0.05) is 30.3 Å². The number of nitrogens with two attached hydrogens (primary N) is 1. The number of carbonyl (C=O) groups excluding carboxylic acids is 3. The molecule has 3 aliphatic carbocycles. The summed E-state index contributed by atoms with van der Waals surface area (Å²) in [6.45, 7) is 0.798. The van der Waals surface area contributed by atoms with Crippen LogP contribution in [0.15, 0.2) is 53.3 Å². The Kier molecular flexibility index (Phi) is 7.46. The molecular weight excluding hydrogens is 545 g/mol. The maximum atomic E-state index is 16.0. The van der Waals surface area contributed by atoms with Crippen molar-refractivity contribution in [2.75, 3.05) is 27.7 Å². The summed E-state index contributed by atoms with van der Waals surface area (Å²) in [6.07, 6.45) is 0.532. The fourth-order valence-electron chi connectivity index (χ4n) is 6.80. The van der Waals surface area contributed by atoms with Crippen molar-refractivity contribution in [3.05, 3.63) is 81.4 Å². The van der Waals surface area contributed by atoms with E-state index in [2.05, 4.69) is 0 Å². The van der Waals surface area contributed by atoms with Crippen molar-refractivity contribution in [3.8, 4) is 5.75 Å². The lowest BCUT2D eigenvalue weighted by Crippen LogP contribution is -2.65. The zero-order chi connectivity index (χ0) is 30.7. The number of phenolic OH excluding ortho intramolecular Hbond substituents is 1. The molecule has 0 spiro atoms. The molecular formula is C31H34FN3O7. The van der Waals surface area contributed by atoms with Crippen molar-refractivity contribution >= 4 is 23.2 Å². The van der Waals surface area contributed by atoms with E-state index in [1.165, 1.54) is 25.1 Å². The summed E-state index contributed by atoms with van der Waals surface area (Å²) in [7, 11) is 4.87. The summed E-state index contributed by atoms with van der Waals surface area (Å²) in [5.74, 6) is -8.29. The number of rotatable bonds is 7. The Bertz CT molecular complexity index is 1550. The smallest absolute Gasteiger partial charge is 0.255 e. The second-order valence-corrected chi connectivity index (χ2v) is 11.7. The van der Waals surface area contributed by atoms with Gasteiger partial charge < -0.3 is 31.1 Å². The average Bonchev–Trinajstić information content (AvgIpc) is 2.92. The molecule has 0 aromatic heterocycles. The zero-order valence-electron chi connectivity index (χ0n) is 23.6. The predicted octanol–water partition coefficient (Wildman–Crippen LogP) is 1.78. The van der Waals surface area contributed by atoms with Crippen LogP contribution in [0, 0.1) is 17.7 Å². The molecule has 1 fully saturated rings. The van der Waals surface area contributed by atoms with E-state index in [1.807, 2.05) is 42.3 Å². The largest absolute Gasteiger partial charge is 0.508 e. The van der Waals surface area contributed by atoms with Gasteiger partial charge in [0.25, 0.3) is 5.91 Å². The number of hydrogen-bond acceptors (Lipinski definition) is 9. The van der Waals surface area contributed by atoms with Crippen LogP contribution in [-0.2, 0) is 33.8 Å². The molecule has 2 aromatic rings. The number of carbonyl (C=O) groups is 3. The molecule has 5 rings (SSSR count). The van der Waals surface area contributed by atoms with E-state index in [0.717, 1.165) is 12.0 Å². The first-order chi connectivity index (χ1) is 19.8. The molecule has 222 valence electrons. The second kappa shape index (κ2) is 10.6. The number of aliphatic hydroxyl groups excluding tert-OH is 2. The maximum absolute atomic E-state index is 16.0. The number of ketones is 2. The third kappa shape index (κ3) is 4.48. The SMILES string of the molecule is CN(CCc1ccccc1)Cc1cc(O)c2c(c1F)C[C@H]1C[C@H]3[C@H](N(C)C)C(=O)C(C(N)=O)=C(O)[C@@]3(O)C(=O)C1=C2O. The Balaban J connectivity index is 1.53. The van der Waals surface area contributed by atoms with Crippen molar-refractivity contribution in [1.29, 1.82) is 0 Å². The predicted molar refractivity (Wildman–Crippen MR) is 151 cm³/mol. The minimum absolute atomic E-state index is 0.0204. The number of aromatic hydroxyl groups is 1. The van der Waals surface area contributed by atoms with Crippen molar-refractivity contribution in [1.82, 2.24) is 9.80 Å². The molecule has 0 unspecified atom stereocenters. The summed E-state index contributed by atoms with van der Waals surface area (Å²) in [6, 6.07) is 9.83. The molecule has 3 aliphatic rings. The molecule has 6 N–H and O–H groups in total. The lowest BCUT2D eigenvalue weighted by Gasteiger charge is -2.50. The van der Waals surface area contributed by atoms with Crippen LogP contribution in [0.4, 0.5) is 4.39 Å². The van der Waals surface area contributed by atoms with Crippen LogP contribution in [0.2, 0.25) is 0 Å². The van der Waals surface area contributed by atoms with Crippen molar-refractivity contribution in [3.63, 3.8) is 0 Å². The van der Waals surface area contributed by atoms with Crippen LogP contribution in [0.25, 0.3) is 5.76 Å². The van der Waals surface area contributed by atoms with Crippen LogP contribution >= 0.6 is 0 Å². The fraction of sp³-hybridized carbons (Fsp3) is 0.387. The zero-order valence-corrected chi connectivity index (χ0v) is 23.6. The highest BCUT2D eigenvalue weighted by atomic mass is 19.1. The molecule has 42 heavy (non-hydrogen) atoms. The van der Waals surface area contributed by atoms with Gasteiger partial charge in [-0.15, -0.1) is 0 Å². The molecule has 0 aliphatic heterocycles. The van der Waals surface area contributed by atoms with Crippen LogP contribution in [0.5, 0.6) is 5.75 Å². The molecule has 0 heterocycles. The van der Waals surface area contributed by atoms with Crippen molar-refractivity contribution in [2.45, 2.75) is 37.5 Å². The number of Topliss-reactive ketones (excluding diaryl/α,β-unsaturated/α-hetero) is 2. The minimum Gasteiger partial charge on any atom is -0.508 e. The van der Waals surface area contributed by atoms with Gasteiger partial charge in [-0.25, -0.2) is 4.39 Å². The average molecular weight is 580 g/mol. The van der Waals surface area contributed by atoms with E-state index in [1.54, 1.807) is 0 Å². The highest BCUT2D eigenvalue weighted by Crippen LogP contribution is 2.53. The Hall–Kier alpha value is -4.06. The normalized spacial score (nSPS) is 25.5. The molecule has 1 amide bonds.